The van der Waals surface area contributed by atoms with Gasteiger partial charge in [0.05, 0.1) is 19.3 Å². The Labute approximate surface area is 109 Å². The van der Waals surface area contributed by atoms with Crippen LogP contribution in [-0.2, 0) is 9.47 Å². The molecule has 1 fully saturated rings. The fraction of sp³-hybridized carbons (Fsp3) is 0.909. The van der Waals surface area contributed by atoms with E-state index in [1.54, 1.807) is 7.11 Å². The van der Waals surface area contributed by atoms with E-state index in [1.807, 2.05) is 6.92 Å². The number of hydrogen-bond donors (Lipinski definition) is 2. The van der Waals surface area contributed by atoms with Gasteiger partial charge in [-0.15, -0.1) is 0 Å². The molecule has 1 unspecified atom stereocenters. The van der Waals surface area contributed by atoms with Crippen LogP contribution < -0.4 is 10.6 Å². The lowest BCUT2D eigenvalue weighted by Gasteiger charge is -2.26. The quantitative estimate of drug-likeness (QED) is 0.647. The first kappa shape index (κ1) is 14.6. The number of hydrogen-bond acceptors (Lipinski definition) is 4. The van der Waals surface area contributed by atoms with Gasteiger partial charge in [-0.2, -0.15) is 0 Å². The highest BCUT2D eigenvalue weighted by molar-refractivity contribution is 7.80. The Morgan fingerprint density at radius 1 is 1.41 bits per heavy atom. The Morgan fingerprint density at radius 2 is 2.12 bits per heavy atom. The lowest BCUT2D eigenvalue weighted by atomic mass is 10.4. The minimum absolute atomic E-state index is 0.175. The van der Waals surface area contributed by atoms with Crippen LogP contribution in [0.15, 0.2) is 0 Å². The van der Waals surface area contributed by atoms with Gasteiger partial charge in [-0.05, 0) is 19.1 Å². The standard InChI is InChI=1S/C11H23N3O2S/c1-10(15-2)9-13-11(17)12-3-4-14-5-7-16-8-6-14/h10H,3-9H2,1-2H3,(H2,12,13,17). The van der Waals surface area contributed by atoms with Crippen molar-refractivity contribution < 1.29 is 9.47 Å². The number of thiocarbonyl (C=S) groups is 1. The highest BCUT2D eigenvalue weighted by Gasteiger charge is 2.09. The molecule has 5 nitrogen and oxygen atoms in total. The zero-order valence-corrected chi connectivity index (χ0v) is 11.5. The summed E-state index contributed by atoms with van der Waals surface area (Å²) >= 11 is 5.17. The minimum Gasteiger partial charge on any atom is -0.380 e. The SMILES string of the molecule is COC(C)CNC(=S)NCCN1CCOCC1. The number of rotatable bonds is 6. The maximum absolute atomic E-state index is 5.29. The van der Waals surface area contributed by atoms with E-state index in [-0.39, 0.29) is 6.10 Å². The molecule has 17 heavy (non-hydrogen) atoms. The molecule has 1 saturated heterocycles. The summed E-state index contributed by atoms with van der Waals surface area (Å²) < 4.78 is 10.4. The first-order chi connectivity index (χ1) is 8.22. The summed E-state index contributed by atoms with van der Waals surface area (Å²) in [6.07, 6.45) is 0.175. The minimum atomic E-state index is 0.175. The van der Waals surface area contributed by atoms with E-state index in [4.69, 9.17) is 21.7 Å². The van der Waals surface area contributed by atoms with Gasteiger partial charge in [0.2, 0.25) is 0 Å². The average molecular weight is 261 g/mol. The second-order valence-electron chi connectivity index (χ2n) is 4.14. The molecule has 1 heterocycles. The van der Waals surface area contributed by atoms with E-state index in [9.17, 15) is 0 Å². The van der Waals surface area contributed by atoms with E-state index in [1.165, 1.54) is 0 Å². The molecule has 100 valence electrons. The fourth-order valence-corrected chi connectivity index (χ4v) is 1.72. The topological polar surface area (TPSA) is 45.8 Å². The second kappa shape index (κ2) is 8.63. The fourth-order valence-electron chi connectivity index (χ4n) is 1.53. The summed E-state index contributed by atoms with van der Waals surface area (Å²) in [7, 11) is 1.70. The highest BCUT2D eigenvalue weighted by Crippen LogP contribution is 1.94. The third kappa shape index (κ3) is 6.78. The van der Waals surface area contributed by atoms with Gasteiger partial charge in [0.15, 0.2) is 5.11 Å². The van der Waals surface area contributed by atoms with Crippen LogP contribution in [-0.4, -0.2) is 69.2 Å². The molecule has 1 aliphatic heterocycles. The normalized spacial score (nSPS) is 18.7. The van der Waals surface area contributed by atoms with Gasteiger partial charge < -0.3 is 20.1 Å². The van der Waals surface area contributed by atoms with Gasteiger partial charge in [0.25, 0.3) is 0 Å². The van der Waals surface area contributed by atoms with Crippen LogP contribution in [0.1, 0.15) is 6.92 Å². The summed E-state index contributed by atoms with van der Waals surface area (Å²) in [4.78, 5) is 2.37. The number of nitrogens with one attached hydrogen (secondary N) is 2. The number of methoxy groups -OCH3 is 1. The predicted molar refractivity (Wildman–Crippen MR) is 72.3 cm³/mol. The zero-order chi connectivity index (χ0) is 12.5. The molecule has 0 aromatic carbocycles. The molecule has 1 atom stereocenters. The average Bonchev–Trinajstić information content (AvgIpc) is 2.37. The van der Waals surface area contributed by atoms with Crippen LogP contribution in [0.4, 0.5) is 0 Å². The van der Waals surface area contributed by atoms with Crippen LogP contribution in [0.3, 0.4) is 0 Å². The number of morpholine rings is 1. The summed E-state index contributed by atoms with van der Waals surface area (Å²) in [5.74, 6) is 0. The molecule has 0 aromatic heterocycles. The number of nitrogens with zero attached hydrogens (tertiary/aromatic N) is 1. The third-order valence-electron chi connectivity index (χ3n) is 2.77. The van der Waals surface area contributed by atoms with Crippen molar-refractivity contribution in [3.8, 4) is 0 Å². The molecule has 0 aliphatic carbocycles. The summed E-state index contributed by atoms with van der Waals surface area (Å²) in [6.45, 7) is 8.33. The molecule has 6 heteroatoms. The maximum Gasteiger partial charge on any atom is 0.166 e. The van der Waals surface area contributed by atoms with Gasteiger partial charge in [0.1, 0.15) is 0 Å². The van der Waals surface area contributed by atoms with Crippen molar-refractivity contribution in [2.75, 3.05) is 53.0 Å². The van der Waals surface area contributed by atoms with Crippen molar-refractivity contribution in [1.29, 1.82) is 0 Å². The van der Waals surface area contributed by atoms with E-state index in [0.717, 1.165) is 45.9 Å². The first-order valence-electron chi connectivity index (χ1n) is 6.07. The van der Waals surface area contributed by atoms with Crippen LogP contribution >= 0.6 is 12.2 Å². The van der Waals surface area contributed by atoms with Crippen LogP contribution in [0.2, 0.25) is 0 Å². The van der Waals surface area contributed by atoms with Crippen molar-refractivity contribution in [2.45, 2.75) is 13.0 Å². The molecule has 1 aliphatic rings. The van der Waals surface area contributed by atoms with Crippen molar-refractivity contribution in [2.24, 2.45) is 0 Å². The Hall–Kier alpha value is -0.430. The Balaban J connectivity index is 1.99. The molecular weight excluding hydrogens is 238 g/mol. The zero-order valence-electron chi connectivity index (χ0n) is 10.7. The molecule has 2 N–H and O–H groups in total. The number of ether oxygens (including phenoxy) is 2. The van der Waals surface area contributed by atoms with Crippen LogP contribution in [0.25, 0.3) is 0 Å². The van der Waals surface area contributed by atoms with E-state index in [0.29, 0.717) is 5.11 Å². The molecular formula is C11H23N3O2S. The Morgan fingerprint density at radius 3 is 2.76 bits per heavy atom. The van der Waals surface area contributed by atoms with Crippen molar-refractivity contribution in [1.82, 2.24) is 15.5 Å². The smallest absolute Gasteiger partial charge is 0.166 e. The lowest BCUT2D eigenvalue weighted by Crippen LogP contribution is -2.44. The summed E-state index contributed by atoms with van der Waals surface area (Å²) in [5, 5.41) is 7.01. The highest BCUT2D eigenvalue weighted by atomic mass is 32.1. The largest absolute Gasteiger partial charge is 0.380 e. The summed E-state index contributed by atoms with van der Waals surface area (Å²) in [5.41, 5.74) is 0. The molecule has 0 amide bonds. The van der Waals surface area contributed by atoms with Gasteiger partial charge in [-0.25, -0.2) is 0 Å². The van der Waals surface area contributed by atoms with Gasteiger partial charge >= 0.3 is 0 Å². The van der Waals surface area contributed by atoms with Crippen LogP contribution in [0.5, 0.6) is 0 Å². The predicted octanol–water partition coefficient (Wildman–Crippen LogP) is -0.182. The van der Waals surface area contributed by atoms with Gasteiger partial charge in [-0.3, -0.25) is 4.90 Å². The third-order valence-corrected chi connectivity index (χ3v) is 3.06. The molecule has 0 radical (unpaired) electrons. The monoisotopic (exact) mass is 261 g/mol. The Bertz CT molecular complexity index is 223. The van der Waals surface area contributed by atoms with Crippen molar-refractivity contribution in [3.63, 3.8) is 0 Å². The lowest BCUT2D eigenvalue weighted by molar-refractivity contribution is 0.0389. The maximum atomic E-state index is 5.29. The van der Waals surface area contributed by atoms with Crippen LogP contribution in [0, 0.1) is 0 Å². The second-order valence-corrected chi connectivity index (χ2v) is 4.55. The molecule has 0 saturated carbocycles. The molecule has 0 bridgehead atoms. The van der Waals surface area contributed by atoms with Crippen molar-refractivity contribution in [3.05, 3.63) is 0 Å². The van der Waals surface area contributed by atoms with E-state index in [2.05, 4.69) is 15.5 Å². The first-order valence-corrected chi connectivity index (χ1v) is 6.48. The Kier molecular flexibility index (Phi) is 7.43. The molecule has 1 rings (SSSR count). The van der Waals surface area contributed by atoms with Crippen molar-refractivity contribution >= 4 is 17.3 Å². The van der Waals surface area contributed by atoms with Gasteiger partial charge in [-0.1, -0.05) is 0 Å². The molecule has 0 spiro atoms. The molecule has 0 aromatic rings. The van der Waals surface area contributed by atoms with E-state index >= 15 is 0 Å². The van der Waals surface area contributed by atoms with E-state index < -0.39 is 0 Å². The summed E-state index contributed by atoms with van der Waals surface area (Å²) in [6, 6.07) is 0. The van der Waals surface area contributed by atoms with Gasteiger partial charge in [0, 0.05) is 39.8 Å².